The van der Waals surface area contributed by atoms with E-state index in [9.17, 15) is 14.9 Å². The Morgan fingerprint density at radius 2 is 2.14 bits per heavy atom. The van der Waals surface area contributed by atoms with Gasteiger partial charge in [0, 0.05) is 19.1 Å². The summed E-state index contributed by atoms with van der Waals surface area (Å²) in [5.41, 5.74) is -0.252. The van der Waals surface area contributed by atoms with Crippen molar-refractivity contribution in [1.82, 2.24) is 9.80 Å². The van der Waals surface area contributed by atoms with Crippen LogP contribution in [0.4, 0.5) is 5.69 Å². The zero-order chi connectivity index (χ0) is 15.6. The van der Waals surface area contributed by atoms with Gasteiger partial charge < -0.3 is 9.80 Å². The van der Waals surface area contributed by atoms with Crippen molar-refractivity contribution in [3.05, 3.63) is 38.9 Å². The molecular formula is C14H18ClN3O3. The van der Waals surface area contributed by atoms with E-state index >= 15 is 0 Å². The van der Waals surface area contributed by atoms with Crippen LogP contribution in [0.3, 0.4) is 0 Å². The molecule has 0 aromatic heterocycles. The quantitative estimate of drug-likeness (QED) is 0.621. The number of nitrogens with zero attached hydrogens (tertiary/aromatic N) is 3. The van der Waals surface area contributed by atoms with Gasteiger partial charge >= 0.3 is 5.69 Å². The van der Waals surface area contributed by atoms with E-state index in [1.54, 1.807) is 11.0 Å². The first-order chi connectivity index (χ1) is 9.91. The van der Waals surface area contributed by atoms with E-state index in [2.05, 4.69) is 4.90 Å². The average Bonchev–Trinajstić information content (AvgIpc) is 2.57. The van der Waals surface area contributed by atoms with Gasteiger partial charge in [-0.05, 0) is 39.1 Å². The Bertz CT molecular complexity index is 564. The van der Waals surface area contributed by atoms with Crippen molar-refractivity contribution in [2.75, 3.05) is 26.7 Å². The Balaban J connectivity index is 2.36. The number of benzene rings is 1. The number of carbonyl (C=O) groups excluding carboxylic acids is 1. The summed E-state index contributed by atoms with van der Waals surface area (Å²) in [6.07, 6.45) is 0.848. The van der Waals surface area contributed by atoms with Crippen LogP contribution in [0.25, 0.3) is 0 Å². The Morgan fingerprint density at radius 3 is 2.81 bits per heavy atom. The molecule has 1 aromatic rings. The fourth-order valence-electron chi connectivity index (χ4n) is 2.70. The van der Waals surface area contributed by atoms with Crippen LogP contribution in [0.1, 0.15) is 23.7 Å². The molecule has 7 heteroatoms. The van der Waals surface area contributed by atoms with Gasteiger partial charge in [-0.1, -0.05) is 17.7 Å². The molecule has 0 radical (unpaired) electrons. The second-order valence-electron chi connectivity index (χ2n) is 5.36. The van der Waals surface area contributed by atoms with Gasteiger partial charge in [-0.15, -0.1) is 0 Å². The van der Waals surface area contributed by atoms with Crippen LogP contribution in [-0.4, -0.2) is 53.4 Å². The molecule has 1 aromatic carbocycles. The third-order valence-electron chi connectivity index (χ3n) is 3.71. The Morgan fingerprint density at radius 1 is 1.43 bits per heavy atom. The van der Waals surface area contributed by atoms with Gasteiger partial charge in [0.1, 0.15) is 10.6 Å². The molecule has 0 saturated carbocycles. The maximum Gasteiger partial charge on any atom is 0.300 e. The van der Waals surface area contributed by atoms with Crippen molar-refractivity contribution in [3.63, 3.8) is 0 Å². The highest BCUT2D eigenvalue weighted by atomic mass is 35.5. The third kappa shape index (κ3) is 3.33. The lowest BCUT2D eigenvalue weighted by atomic mass is 10.1. The minimum absolute atomic E-state index is 0.00332. The molecule has 1 saturated heterocycles. The van der Waals surface area contributed by atoms with Crippen LogP contribution in [0, 0.1) is 10.1 Å². The summed E-state index contributed by atoms with van der Waals surface area (Å²) in [6, 6.07) is 4.46. The van der Waals surface area contributed by atoms with Crippen LogP contribution in [0.2, 0.25) is 5.02 Å². The first-order valence-electron chi connectivity index (χ1n) is 6.84. The zero-order valence-corrected chi connectivity index (χ0v) is 12.8. The number of hydrogen-bond acceptors (Lipinski definition) is 4. The fraction of sp³-hybridized carbons (Fsp3) is 0.500. The molecule has 114 valence electrons. The Labute approximate surface area is 128 Å². The predicted octanol–water partition coefficient (Wildman–Crippen LogP) is 2.41. The van der Waals surface area contributed by atoms with E-state index in [0.29, 0.717) is 6.54 Å². The van der Waals surface area contributed by atoms with Crippen LogP contribution in [0.5, 0.6) is 0 Å². The van der Waals surface area contributed by atoms with E-state index in [-0.39, 0.29) is 28.2 Å². The highest BCUT2D eigenvalue weighted by Gasteiger charge is 2.30. The Kier molecular flexibility index (Phi) is 4.80. The second kappa shape index (κ2) is 6.41. The molecule has 0 spiro atoms. The molecular weight excluding hydrogens is 294 g/mol. The van der Waals surface area contributed by atoms with Gasteiger partial charge in [-0.25, -0.2) is 0 Å². The highest BCUT2D eigenvalue weighted by Crippen LogP contribution is 2.29. The van der Waals surface area contributed by atoms with Crippen molar-refractivity contribution < 1.29 is 9.72 Å². The predicted molar refractivity (Wildman–Crippen MR) is 80.7 cm³/mol. The molecule has 1 aliphatic heterocycles. The van der Waals surface area contributed by atoms with Gasteiger partial charge in [0.2, 0.25) is 0 Å². The van der Waals surface area contributed by atoms with Gasteiger partial charge in [0.25, 0.3) is 5.91 Å². The third-order valence-corrected chi connectivity index (χ3v) is 4.01. The summed E-state index contributed by atoms with van der Waals surface area (Å²) in [4.78, 5) is 27.1. The summed E-state index contributed by atoms with van der Waals surface area (Å²) < 4.78 is 0. The van der Waals surface area contributed by atoms with Gasteiger partial charge in [-0.2, -0.15) is 0 Å². The first-order valence-corrected chi connectivity index (χ1v) is 7.22. The standard InChI is InChI=1S/C14H18ClN3O3/c1-10-9-16(2)7-4-8-17(10)14(19)11-5-3-6-12(15)13(11)18(20)21/h3,5-6,10H,4,7-9H2,1-2H3. The summed E-state index contributed by atoms with van der Waals surface area (Å²) in [7, 11) is 2.01. The van der Waals surface area contributed by atoms with Gasteiger partial charge in [0.15, 0.2) is 0 Å². The van der Waals surface area contributed by atoms with Crippen molar-refractivity contribution >= 4 is 23.2 Å². The average molecular weight is 312 g/mol. The number of nitro groups is 1. The Hall–Kier alpha value is -1.66. The molecule has 1 amide bonds. The minimum atomic E-state index is -0.593. The molecule has 1 unspecified atom stereocenters. The van der Waals surface area contributed by atoms with Crippen LogP contribution in [-0.2, 0) is 0 Å². The lowest BCUT2D eigenvalue weighted by molar-refractivity contribution is -0.385. The number of carbonyl (C=O) groups is 1. The summed E-state index contributed by atoms with van der Waals surface area (Å²) in [5.74, 6) is -0.327. The number of rotatable bonds is 2. The summed E-state index contributed by atoms with van der Waals surface area (Å²) in [5, 5.41) is 11.2. The first kappa shape index (κ1) is 15.7. The molecule has 0 N–H and O–H groups in total. The van der Waals surface area contributed by atoms with E-state index in [0.717, 1.165) is 19.5 Å². The summed E-state index contributed by atoms with van der Waals surface area (Å²) in [6.45, 7) is 4.20. The number of amides is 1. The summed E-state index contributed by atoms with van der Waals surface area (Å²) >= 11 is 5.88. The lowest BCUT2D eigenvalue weighted by Gasteiger charge is -2.28. The molecule has 1 fully saturated rings. The minimum Gasteiger partial charge on any atom is -0.334 e. The van der Waals surface area contributed by atoms with Crippen LogP contribution < -0.4 is 0 Å². The van der Waals surface area contributed by atoms with Gasteiger partial charge in [0.05, 0.1) is 4.92 Å². The number of hydrogen-bond donors (Lipinski definition) is 0. The monoisotopic (exact) mass is 311 g/mol. The molecule has 6 nitrogen and oxygen atoms in total. The van der Waals surface area contributed by atoms with Crippen molar-refractivity contribution in [1.29, 1.82) is 0 Å². The molecule has 1 aliphatic rings. The number of para-hydroxylation sites is 1. The highest BCUT2D eigenvalue weighted by molar-refractivity contribution is 6.33. The zero-order valence-electron chi connectivity index (χ0n) is 12.1. The van der Waals surface area contributed by atoms with E-state index < -0.39 is 4.92 Å². The topological polar surface area (TPSA) is 66.7 Å². The van der Waals surface area contributed by atoms with Crippen LogP contribution >= 0.6 is 11.6 Å². The molecule has 1 atom stereocenters. The van der Waals surface area contributed by atoms with E-state index in [1.807, 2.05) is 14.0 Å². The molecule has 0 aliphatic carbocycles. The van der Waals surface area contributed by atoms with Crippen molar-refractivity contribution in [3.8, 4) is 0 Å². The lowest BCUT2D eigenvalue weighted by Crippen LogP contribution is -2.42. The number of likely N-dealkylation sites (N-methyl/N-ethyl adjacent to an activating group) is 1. The fourth-order valence-corrected chi connectivity index (χ4v) is 2.95. The van der Waals surface area contributed by atoms with Crippen molar-refractivity contribution in [2.24, 2.45) is 0 Å². The van der Waals surface area contributed by atoms with Crippen molar-refractivity contribution in [2.45, 2.75) is 19.4 Å². The largest absolute Gasteiger partial charge is 0.334 e. The van der Waals surface area contributed by atoms with Gasteiger partial charge in [-0.3, -0.25) is 14.9 Å². The molecule has 2 rings (SSSR count). The molecule has 0 bridgehead atoms. The molecule has 1 heterocycles. The number of halogens is 1. The smallest absolute Gasteiger partial charge is 0.300 e. The second-order valence-corrected chi connectivity index (χ2v) is 5.76. The normalized spacial score (nSPS) is 20.1. The maximum absolute atomic E-state index is 12.7. The number of nitro benzene ring substituents is 1. The SMILES string of the molecule is CC1CN(C)CCCN1C(=O)c1cccc(Cl)c1[N+](=O)[O-]. The van der Waals surface area contributed by atoms with E-state index in [4.69, 9.17) is 11.6 Å². The van der Waals surface area contributed by atoms with E-state index in [1.165, 1.54) is 12.1 Å². The van der Waals surface area contributed by atoms with Crippen LogP contribution in [0.15, 0.2) is 18.2 Å². The maximum atomic E-state index is 12.7. The molecule has 21 heavy (non-hydrogen) atoms.